The second kappa shape index (κ2) is 7.37. The van der Waals surface area contributed by atoms with Crippen LogP contribution in [0, 0.1) is 6.92 Å². The van der Waals surface area contributed by atoms with Crippen LogP contribution in [0.1, 0.15) is 19.1 Å². The highest BCUT2D eigenvalue weighted by atomic mass is 16.5. The second-order valence-electron chi connectivity index (χ2n) is 5.71. The van der Waals surface area contributed by atoms with E-state index in [0.717, 1.165) is 0 Å². The Hall–Kier alpha value is -1.93. The number of piperazine rings is 1. The van der Waals surface area contributed by atoms with E-state index in [1.165, 1.54) is 0 Å². The Labute approximate surface area is 129 Å². The van der Waals surface area contributed by atoms with Crippen LogP contribution in [0.5, 0.6) is 0 Å². The van der Waals surface area contributed by atoms with Crippen LogP contribution in [0.15, 0.2) is 10.6 Å². The van der Waals surface area contributed by atoms with Crippen molar-refractivity contribution in [1.29, 1.82) is 0 Å². The maximum absolute atomic E-state index is 11.9. The van der Waals surface area contributed by atoms with E-state index in [9.17, 15) is 9.59 Å². The zero-order chi connectivity index (χ0) is 16.1. The van der Waals surface area contributed by atoms with E-state index < -0.39 is 0 Å². The van der Waals surface area contributed by atoms with E-state index in [-0.39, 0.29) is 24.4 Å². The van der Waals surface area contributed by atoms with Gasteiger partial charge in [0.25, 0.3) is 0 Å². The smallest absolute Gasteiger partial charge is 0.239 e. The van der Waals surface area contributed by atoms with Crippen LogP contribution in [0.25, 0.3) is 0 Å². The molecule has 1 atom stereocenters. The molecule has 1 aromatic heterocycles. The molecule has 8 heteroatoms. The van der Waals surface area contributed by atoms with Crippen LogP contribution < -0.4 is 11.1 Å². The minimum atomic E-state index is -0.136. The third kappa shape index (κ3) is 4.81. The number of aryl methyl sites for hydroxylation is 1. The number of carbonyl (C=O) groups is 2. The van der Waals surface area contributed by atoms with Crippen molar-refractivity contribution in [2.75, 3.05) is 38.0 Å². The minimum Gasteiger partial charge on any atom is -0.360 e. The van der Waals surface area contributed by atoms with Crippen molar-refractivity contribution in [2.45, 2.75) is 26.3 Å². The maximum atomic E-state index is 11.9. The third-order valence-electron chi connectivity index (χ3n) is 3.48. The summed E-state index contributed by atoms with van der Waals surface area (Å²) in [5.74, 6) is 1.02. The first-order valence-corrected chi connectivity index (χ1v) is 7.43. The van der Waals surface area contributed by atoms with Gasteiger partial charge in [0.05, 0.1) is 6.54 Å². The highest BCUT2D eigenvalue weighted by Crippen LogP contribution is 2.08. The number of aromatic nitrogens is 1. The first-order chi connectivity index (χ1) is 10.4. The lowest BCUT2D eigenvalue weighted by molar-refractivity contribution is -0.133. The maximum Gasteiger partial charge on any atom is 0.239 e. The van der Waals surface area contributed by atoms with E-state index in [4.69, 9.17) is 10.3 Å². The lowest BCUT2D eigenvalue weighted by Crippen LogP contribution is -2.51. The number of anilines is 1. The quantitative estimate of drug-likeness (QED) is 0.780. The highest BCUT2D eigenvalue weighted by Gasteiger charge is 2.23. The van der Waals surface area contributed by atoms with E-state index in [1.54, 1.807) is 17.9 Å². The molecule has 1 unspecified atom stereocenters. The van der Waals surface area contributed by atoms with Gasteiger partial charge in [0.1, 0.15) is 5.76 Å². The molecule has 0 spiro atoms. The lowest BCUT2D eigenvalue weighted by Gasteiger charge is -2.34. The lowest BCUT2D eigenvalue weighted by atomic mass is 10.2. The molecule has 1 saturated heterocycles. The molecule has 0 aromatic carbocycles. The molecule has 0 aliphatic carbocycles. The topological polar surface area (TPSA) is 105 Å². The van der Waals surface area contributed by atoms with Crippen LogP contribution in [-0.4, -0.2) is 65.5 Å². The van der Waals surface area contributed by atoms with E-state index in [2.05, 4.69) is 10.5 Å². The highest BCUT2D eigenvalue weighted by molar-refractivity contribution is 5.91. The molecule has 1 fully saturated rings. The fourth-order valence-electron chi connectivity index (χ4n) is 2.37. The van der Waals surface area contributed by atoms with Crippen LogP contribution in [0.3, 0.4) is 0 Å². The number of nitrogens with two attached hydrogens (primary N) is 1. The largest absolute Gasteiger partial charge is 0.360 e. The fourth-order valence-corrected chi connectivity index (χ4v) is 2.37. The van der Waals surface area contributed by atoms with E-state index in [1.807, 2.05) is 11.8 Å². The van der Waals surface area contributed by atoms with Gasteiger partial charge < -0.3 is 20.5 Å². The van der Waals surface area contributed by atoms with E-state index in [0.29, 0.717) is 44.2 Å². The number of amides is 2. The summed E-state index contributed by atoms with van der Waals surface area (Å²) in [6.45, 7) is 6.47. The van der Waals surface area contributed by atoms with Crippen LogP contribution >= 0.6 is 0 Å². The molecule has 22 heavy (non-hydrogen) atoms. The van der Waals surface area contributed by atoms with Crippen molar-refractivity contribution >= 4 is 17.6 Å². The molecule has 3 N–H and O–H groups in total. The average Bonchev–Trinajstić information content (AvgIpc) is 2.83. The first-order valence-electron chi connectivity index (χ1n) is 7.43. The molecule has 0 bridgehead atoms. The monoisotopic (exact) mass is 309 g/mol. The predicted molar refractivity (Wildman–Crippen MR) is 81.2 cm³/mol. The number of nitrogens with zero attached hydrogens (tertiary/aromatic N) is 3. The van der Waals surface area contributed by atoms with Crippen molar-refractivity contribution in [2.24, 2.45) is 5.73 Å². The van der Waals surface area contributed by atoms with Crippen molar-refractivity contribution in [3.05, 3.63) is 11.8 Å². The van der Waals surface area contributed by atoms with Crippen molar-refractivity contribution in [3.8, 4) is 0 Å². The summed E-state index contributed by atoms with van der Waals surface area (Å²) in [5.41, 5.74) is 5.64. The Morgan fingerprint density at radius 2 is 2.09 bits per heavy atom. The Kier molecular flexibility index (Phi) is 5.51. The van der Waals surface area contributed by atoms with Crippen LogP contribution in [0.4, 0.5) is 5.82 Å². The normalized spacial score (nSPS) is 17.3. The third-order valence-corrected chi connectivity index (χ3v) is 3.48. The molecule has 0 radical (unpaired) electrons. The van der Waals surface area contributed by atoms with Gasteiger partial charge in [-0.05, 0) is 13.8 Å². The number of carbonyl (C=O) groups excluding carboxylic acids is 2. The number of nitrogens with one attached hydrogen (secondary N) is 1. The van der Waals surface area contributed by atoms with Gasteiger partial charge in [0.2, 0.25) is 11.8 Å². The number of hydrogen-bond acceptors (Lipinski definition) is 6. The Morgan fingerprint density at radius 1 is 1.41 bits per heavy atom. The SMILES string of the molecule is Cc1cc(NC(=O)CN2CCN(C(=O)CC(C)N)CC2)no1. The number of rotatable bonds is 5. The zero-order valence-electron chi connectivity index (χ0n) is 13.0. The predicted octanol–water partition coefficient (Wildman–Crippen LogP) is -0.197. The van der Waals surface area contributed by atoms with Gasteiger partial charge >= 0.3 is 0 Å². The molecule has 2 amide bonds. The number of hydrogen-bond donors (Lipinski definition) is 2. The molecular weight excluding hydrogens is 286 g/mol. The molecule has 1 aliphatic heterocycles. The first kappa shape index (κ1) is 16.4. The fraction of sp³-hybridized carbons (Fsp3) is 0.643. The molecule has 1 aromatic rings. The Morgan fingerprint density at radius 3 is 2.64 bits per heavy atom. The van der Waals surface area contributed by atoms with Gasteiger partial charge in [0.15, 0.2) is 5.82 Å². The summed E-state index contributed by atoms with van der Waals surface area (Å²) in [6.07, 6.45) is 0.367. The van der Waals surface area contributed by atoms with Gasteiger partial charge in [-0.3, -0.25) is 14.5 Å². The summed E-state index contributed by atoms with van der Waals surface area (Å²) < 4.78 is 4.89. The minimum absolute atomic E-state index is 0.0807. The average molecular weight is 309 g/mol. The Bertz CT molecular complexity index is 520. The van der Waals surface area contributed by atoms with Crippen molar-refractivity contribution in [3.63, 3.8) is 0 Å². The molecule has 2 rings (SSSR count). The molecule has 122 valence electrons. The molecule has 2 heterocycles. The summed E-state index contributed by atoms with van der Waals surface area (Å²) in [4.78, 5) is 27.6. The molecule has 8 nitrogen and oxygen atoms in total. The molecule has 0 saturated carbocycles. The summed E-state index contributed by atoms with van der Waals surface area (Å²) in [7, 11) is 0. The van der Waals surface area contributed by atoms with Gasteiger partial charge in [-0.15, -0.1) is 0 Å². The zero-order valence-corrected chi connectivity index (χ0v) is 13.0. The van der Waals surface area contributed by atoms with Crippen LogP contribution in [-0.2, 0) is 9.59 Å². The van der Waals surface area contributed by atoms with Crippen molar-refractivity contribution < 1.29 is 14.1 Å². The van der Waals surface area contributed by atoms with Gasteiger partial charge in [-0.1, -0.05) is 5.16 Å². The van der Waals surface area contributed by atoms with Gasteiger partial charge in [-0.2, -0.15) is 0 Å². The summed E-state index contributed by atoms with van der Waals surface area (Å²) in [5, 5.41) is 6.41. The molecule has 1 aliphatic rings. The second-order valence-corrected chi connectivity index (χ2v) is 5.71. The van der Waals surface area contributed by atoms with E-state index >= 15 is 0 Å². The summed E-state index contributed by atoms with van der Waals surface area (Å²) in [6, 6.07) is 1.55. The van der Waals surface area contributed by atoms with Gasteiger partial charge in [0, 0.05) is 44.7 Å². The molecular formula is C14H23N5O3. The summed E-state index contributed by atoms with van der Waals surface area (Å²) >= 11 is 0. The standard InChI is InChI=1S/C14H23N5O3/c1-10(15)7-14(21)19-5-3-18(4-6-19)9-13(20)16-12-8-11(2)22-17-12/h8,10H,3-7,9,15H2,1-2H3,(H,16,17,20). The van der Waals surface area contributed by atoms with Crippen molar-refractivity contribution in [1.82, 2.24) is 15.0 Å². The Balaban J connectivity index is 1.73. The van der Waals surface area contributed by atoms with Gasteiger partial charge in [-0.25, -0.2) is 0 Å². The van der Waals surface area contributed by atoms with Crippen LogP contribution in [0.2, 0.25) is 0 Å².